The van der Waals surface area contributed by atoms with Crippen LogP contribution < -0.4 is 25.6 Å². The summed E-state index contributed by atoms with van der Waals surface area (Å²) in [4.78, 5) is 2.44. The first-order valence-electron chi connectivity index (χ1n) is 25.8. The van der Waals surface area contributed by atoms with Crippen LogP contribution in [0, 0.1) is 0 Å². The van der Waals surface area contributed by atoms with Crippen LogP contribution >= 0.6 is 0 Å². The van der Waals surface area contributed by atoms with E-state index in [1.54, 1.807) is 0 Å². The van der Waals surface area contributed by atoms with E-state index in [-0.39, 0.29) is 0 Å². The summed E-state index contributed by atoms with van der Waals surface area (Å²) in [5, 5.41) is 7.86. The van der Waals surface area contributed by atoms with Crippen molar-refractivity contribution in [1.29, 1.82) is 0 Å². The molecule has 0 radical (unpaired) electrons. The molecule has 1 heterocycles. The fourth-order valence-corrected chi connectivity index (χ4v) is 16.2. The standard InChI is InChI=1S/C72H52N2Si/c1-7-22-53(23-8-1)58-44-51-66(68(52-58)56-24-9-2-10-25-56)57-40-47-61(48-41-57)73(70-36-21-37-71-72(70)67-34-19-20-35-69(67)74(71)59-26-11-3-12-27-59)60-45-38-54(39-46-60)55-42-49-65(50-43-55)75(62-28-13-4-14-29-62,63-30-15-5-16-31-63)64-32-17-6-18-33-64/h1-52H. The van der Waals surface area contributed by atoms with E-state index in [9.17, 15) is 0 Å². The fourth-order valence-electron chi connectivity index (χ4n) is 11.5. The molecule has 0 unspecified atom stereocenters. The van der Waals surface area contributed by atoms with Crippen LogP contribution in [0.15, 0.2) is 315 Å². The molecule has 0 aliphatic carbocycles. The number of hydrogen-bond acceptors (Lipinski definition) is 1. The number of nitrogens with zero attached hydrogens (tertiary/aromatic N) is 2. The minimum Gasteiger partial charge on any atom is -0.310 e. The maximum absolute atomic E-state index is 2.66. The Bertz CT molecular complexity index is 3950. The third kappa shape index (κ3) is 8.26. The van der Waals surface area contributed by atoms with E-state index in [1.165, 1.54) is 76.0 Å². The first-order chi connectivity index (χ1) is 37.2. The van der Waals surface area contributed by atoms with Crippen LogP contribution in [0.3, 0.4) is 0 Å². The van der Waals surface area contributed by atoms with Gasteiger partial charge in [-0.15, -0.1) is 0 Å². The summed E-state index contributed by atoms with van der Waals surface area (Å²) in [5.74, 6) is 0. The molecule has 2 nitrogen and oxygen atoms in total. The Labute approximate surface area is 440 Å². The Kier molecular flexibility index (Phi) is 12.0. The van der Waals surface area contributed by atoms with Gasteiger partial charge < -0.3 is 9.47 Å². The number of rotatable bonds is 12. The maximum atomic E-state index is 2.44. The van der Waals surface area contributed by atoms with Crippen molar-refractivity contribution < 1.29 is 0 Å². The summed E-state index contributed by atoms with van der Waals surface area (Å²) in [6.07, 6.45) is 0. The van der Waals surface area contributed by atoms with Crippen LogP contribution in [-0.2, 0) is 0 Å². The average molecular weight is 973 g/mol. The van der Waals surface area contributed by atoms with Crippen LogP contribution in [0.4, 0.5) is 17.1 Å². The number of hydrogen-bond donors (Lipinski definition) is 0. The molecule has 0 bridgehead atoms. The van der Waals surface area contributed by atoms with E-state index in [1.807, 2.05) is 0 Å². The Hall–Kier alpha value is -9.54. The van der Waals surface area contributed by atoms with Gasteiger partial charge in [0.2, 0.25) is 0 Å². The van der Waals surface area contributed by atoms with Gasteiger partial charge in [0.05, 0.1) is 16.7 Å². The van der Waals surface area contributed by atoms with Gasteiger partial charge in [-0.25, -0.2) is 0 Å². The molecular weight excluding hydrogens is 921 g/mol. The molecule has 1 aromatic heterocycles. The highest BCUT2D eigenvalue weighted by Crippen LogP contribution is 2.45. The first-order valence-corrected chi connectivity index (χ1v) is 27.8. The van der Waals surface area contributed by atoms with Crippen molar-refractivity contribution >= 4 is 67.7 Å². The van der Waals surface area contributed by atoms with E-state index in [4.69, 9.17) is 0 Å². The average Bonchev–Trinajstić information content (AvgIpc) is 3.87. The van der Waals surface area contributed by atoms with Gasteiger partial charge in [-0.1, -0.05) is 255 Å². The number of benzene rings is 12. The summed E-state index contributed by atoms with van der Waals surface area (Å²) in [6, 6.07) is 116. The van der Waals surface area contributed by atoms with Crippen molar-refractivity contribution in [3.05, 3.63) is 315 Å². The molecule has 0 atom stereocenters. The molecular formula is C72H52N2Si. The van der Waals surface area contributed by atoms with Gasteiger partial charge in [-0.3, -0.25) is 0 Å². The van der Waals surface area contributed by atoms with Crippen molar-refractivity contribution in [3.63, 3.8) is 0 Å². The smallest absolute Gasteiger partial charge is 0.179 e. The van der Waals surface area contributed by atoms with E-state index in [2.05, 4.69) is 325 Å². The molecule has 0 saturated carbocycles. The highest BCUT2D eigenvalue weighted by Gasteiger charge is 2.41. The highest BCUT2D eigenvalue weighted by atomic mass is 28.3. The molecule has 354 valence electrons. The highest BCUT2D eigenvalue weighted by molar-refractivity contribution is 7.19. The Morgan fingerprint density at radius 1 is 0.267 bits per heavy atom. The quantitative estimate of drug-likeness (QED) is 0.0875. The van der Waals surface area contributed by atoms with Gasteiger partial charge in [0.15, 0.2) is 8.07 Å². The van der Waals surface area contributed by atoms with Crippen molar-refractivity contribution in [2.45, 2.75) is 0 Å². The molecule has 0 spiro atoms. The molecule has 0 amide bonds. The predicted molar refractivity (Wildman–Crippen MR) is 321 cm³/mol. The van der Waals surface area contributed by atoms with E-state index in [0.717, 1.165) is 33.8 Å². The van der Waals surface area contributed by atoms with Crippen LogP contribution in [0.5, 0.6) is 0 Å². The molecule has 13 aromatic rings. The first kappa shape index (κ1) is 45.3. The van der Waals surface area contributed by atoms with Crippen molar-refractivity contribution in [1.82, 2.24) is 4.57 Å². The minimum atomic E-state index is -2.66. The lowest BCUT2D eigenvalue weighted by molar-refractivity contribution is 1.18. The zero-order valence-corrected chi connectivity index (χ0v) is 42.4. The van der Waals surface area contributed by atoms with Gasteiger partial charge >= 0.3 is 0 Å². The Balaban J connectivity index is 0.935. The second kappa shape index (κ2) is 19.8. The van der Waals surface area contributed by atoms with Gasteiger partial charge in [-0.2, -0.15) is 0 Å². The minimum absolute atomic E-state index is 1.08. The Morgan fingerprint density at radius 2 is 0.667 bits per heavy atom. The summed E-state index contributed by atoms with van der Waals surface area (Å²) < 4.78 is 2.40. The van der Waals surface area contributed by atoms with Crippen molar-refractivity contribution in [2.24, 2.45) is 0 Å². The van der Waals surface area contributed by atoms with Crippen LogP contribution in [0.1, 0.15) is 0 Å². The zero-order chi connectivity index (χ0) is 50.0. The third-order valence-electron chi connectivity index (χ3n) is 15.0. The molecule has 0 fully saturated rings. The van der Waals surface area contributed by atoms with Crippen LogP contribution in [-0.4, -0.2) is 12.6 Å². The fraction of sp³-hybridized carbons (Fsp3) is 0. The molecule has 75 heavy (non-hydrogen) atoms. The van der Waals surface area contributed by atoms with Crippen LogP contribution in [0.2, 0.25) is 0 Å². The predicted octanol–water partition coefficient (Wildman–Crippen LogP) is 16.3. The molecule has 0 aliphatic rings. The summed E-state index contributed by atoms with van der Waals surface area (Å²) in [6.45, 7) is 0. The van der Waals surface area contributed by atoms with E-state index in [0.29, 0.717) is 0 Å². The van der Waals surface area contributed by atoms with Crippen LogP contribution in [0.25, 0.3) is 72.0 Å². The van der Waals surface area contributed by atoms with Gasteiger partial charge in [0, 0.05) is 27.8 Å². The zero-order valence-electron chi connectivity index (χ0n) is 41.4. The number of anilines is 3. The summed E-state index contributed by atoms with van der Waals surface area (Å²) in [7, 11) is -2.66. The van der Waals surface area contributed by atoms with Crippen molar-refractivity contribution in [2.75, 3.05) is 4.90 Å². The molecule has 0 N–H and O–H groups in total. The monoisotopic (exact) mass is 972 g/mol. The van der Waals surface area contributed by atoms with E-state index >= 15 is 0 Å². The topological polar surface area (TPSA) is 8.17 Å². The normalized spacial score (nSPS) is 11.5. The number of aromatic nitrogens is 1. The van der Waals surface area contributed by atoms with Gasteiger partial charge in [-0.05, 0) is 126 Å². The lowest BCUT2D eigenvalue weighted by atomic mass is 9.91. The SMILES string of the molecule is c1ccc(-c2ccc(-c3ccc(N(c4ccc(-c5ccc([Si](c6ccccc6)(c6ccccc6)c6ccccc6)cc5)cc4)c4cccc5c4c4ccccc4n5-c4ccccc4)cc3)c(-c3ccccc3)c2)cc1. The van der Waals surface area contributed by atoms with Crippen molar-refractivity contribution in [3.8, 4) is 50.2 Å². The molecule has 0 aliphatic heterocycles. The molecule has 0 saturated heterocycles. The largest absolute Gasteiger partial charge is 0.310 e. The maximum Gasteiger partial charge on any atom is 0.179 e. The molecule has 3 heteroatoms. The third-order valence-corrected chi connectivity index (χ3v) is 19.8. The van der Waals surface area contributed by atoms with Gasteiger partial charge in [0.1, 0.15) is 0 Å². The second-order valence-electron chi connectivity index (χ2n) is 19.2. The molecule has 13 rings (SSSR count). The Morgan fingerprint density at radius 3 is 1.23 bits per heavy atom. The second-order valence-corrected chi connectivity index (χ2v) is 23.0. The van der Waals surface area contributed by atoms with Gasteiger partial charge in [0.25, 0.3) is 0 Å². The number of fused-ring (bicyclic) bond motifs is 3. The number of para-hydroxylation sites is 2. The summed E-state index contributed by atoms with van der Waals surface area (Å²) in [5.41, 5.74) is 16.2. The lowest BCUT2D eigenvalue weighted by Crippen LogP contribution is -2.74. The summed E-state index contributed by atoms with van der Waals surface area (Å²) >= 11 is 0. The lowest BCUT2D eigenvalue weighted by Gasteiger charge is -2.34. The van der Waals surface area contributed by atoms with E-state index < -0.39 is 8.07 Å². The molecule has 12 aromatic carbocycles.